The van der Waals surface area contributed by atoms with Gasteiger partial charge in [0.05, 0.1) is 18.4 Å². The summed E-state index contributed by atoms with van der Waals surface area (Å²) in [6, 6.07) is 2.43. The van der Waals surface area contributed by atoms with Crippen LogP contribution in [0.4, 0.5) is 6.01 Å². The molecule has 3 rings (SSSR count). The molecular weight excluding hydrogens is 270 g/mol. The van der Waals surface area contributed by atoms with E-state index in [1.54, 1.807) is 13.3 Å². The number of methoxy groups -OCH3 is 1. The molecule has 7 nitrogen and oxygen atoms in total. The fourth-order valence-corrected chi connectivity index (χ4v) is 2.29. The van der Waals surface area contributed by atoms with Gasteiger partial charge >= 0.3 is 6.01 Å². The molecule has 0 N–H and O–H groups in total. The highest BCUT2D eigenvalue weighted by Crippen LogP contribution is 2.26. The molecule has 1 fully saturated rings. The molecule has 0 amide bonds. The highest BCUT2D eigenvalue weighted by Gasteiger charge is 2.20. The largest absolute Gasteiger partial charge is 0.495 e. The molecule has 3 heterocycles. The van der Waals surface area contributed by atoms with Gasteiger partial charge in [0, 0.05) is 32.4 Å². The second kappa shape index (κ2) is 5.69. The van der Waals surface area contributed by atoms with Gasteiger partial charge < -0.3 is 19.0 Å². The van der Waals surface area contributed by atoms with Gasteiger partial charge in [-0.1, -0.05) is 5.10 Å². The van der Waals surface area contributed by atoms with Gasteiger partial charge in [0.1, 0.15) is 5.75 Å². The minimum Gasteiger partial charge on any atom is -0.495 e. The molecule has 21 heavy (non-hydrogen) atoms. The number of aryl methyl sites for hydroxylation is 1. The normalized spacial score (nSPS) is 16.2. The van der Waals surface area contributed by atoms with E-state index >= 15 is 0 Å². The zero-order chi connectivity index (χ0) is 14.8. The first kappa shape index (κ1) is 13.8. The van der Waals surface area contributed by atoms with Crippen LogP contribution in [0.2, 0.25) is 0 Å². The summed E-state index contributed by atoms with van der Waals surface area (Å²) < 4.78 is 11.0. The van der Waals surface area contributed by atoms with E-state index < -0.39 is 0 Å². The molecule has 0 aliphatic carbocycles. The van der Waals surface area contributed by atoms with E-state index in [9.17, 15) is 0 Å². The van der Waals surface area contributed by atoms with Gasteiger partial charge in [0.25, 0.3) is 5.89 Å². The highest BCUT2D eigenvalue weighted by molar-refractivity contribution is 5.55. The van der Waals surface area contributed by atoms with Crippen molar-refractivity contribution in [3.8, 4) is 17.2 Å². The smallest absolute Gasteiger partial charge is 0.318 e. The molecule has 0 radical (unpaired) electrons. The average Bonchev–Trinajstić information content (AvgIpc) is 2.98. The standard InChI is InChI=1S/C14H19N5O2/c1-10-12(20-3)8-11(9-15-10)13-16-17-14(21-13)19-6-4-18(2)5-7-19/h8-9H,4-7H2,1-3H3. The fraction of sp³-hybridized carbons (Fsp3) is 0.500. The minimum atomic E-state index is 0.467. The summed E-state index contributed by atoms with van der Waals surface area (Å²) in [5.74, 6) is 1.18. The second-order valence-corrected chi connectivity index (χ2v) is 5.19. The fourth-order valence-electron chi connectivity index (χ4n) is 2.29. The number of aromatic nitrogens is 3. The lowest BCUT2D eigenvalue weighted by molar-refractivity contribution is 0.305. The van der Waals surface area contributed by atoms with E-state index in [4.69, 9.17) is 9.15 Å². The molecule has 2 aromatic rings. The molecule has 0 bridgehead atoms. The average molecular weight is 289 g/mol. The summed E-state index contributed by atoms with van der Waals surface area (Å²) in [6.45, 7) is 5.68. The molecular formula is C14H19N5O2. The monoisotopic (exact) mass is 289 g/mol. The van der Waals surface area contributed by atoms with Crippen LogP contribution in [-0.4, -0.2) is 60.4 Å². The first-order valence-electron chi connectivity index (χ1n) is 6.95. The number of hydrogen-bond donors (Lipinski definition) is 0. The second-order valence-electron chi connectivity index (χ2n) is 5.19. The molecule has 0 atom stereocenters. The minimum absolute atomic E-state index is 0.467. The molecule has 112 valence electrons. The molecule has 7 heteroatoms. The predicted molar refractivity (Wildman–Crippen MR) is 78.5 cm³/mol. The van der Waals surface area contributed by atoms with Crippen LogP contribution in [0.5, 0.6) is 5.75 Å². The number of anilines is 1. The van der Waals surface area contributed by atoms with Crippen LogP contribution in [0.25, 0.3) is 11.5 Å². The maximum Gasteiger partial charge on any atom is 0.318 e. The van der Waals surface area contributed by atoms with Crippen LogP contribution < -0.4 is 9.64 Å². The Kier molecular flexibility index (Phi) is 3.74. The van der Waals surface area contributed by atoms with Gasteiger partial charge in [-0.2, -0.15) is 0 Å². The Labute approximate surface area is 123 Å². The molecule has 1 aliphatic heterocycles. The zero-order valence-electron chi connectivity index (χ0n) is 12.5. The number of hydrogen-bond acceptors (Lipinski definition) is 7. The zero-order valence-corrected chi connectivity index (χ0v) is 12.5. The van der Waals surface area contributed by atoms with E-state index in [0.717, 1.165) is 37.4 Å². The molecule has 0 unspecified atom stereocenters. The van der Waals surface area contributed by atoms with Crippen LogP contribution >= 0.6 is 0 Å². The number of nitrogens with zero attached hydrogens (tertiary/aromatic N) is 5. The van der Waals surface area contributed by atoms with Crippen molar-refractivity contribution in [2.24, 2.45) is 0 Å². The topological polar surface area (TPSA) is 67.5 Å². The van der Waals surface area contributed by atoms with Crippen molar-refractivity contribution in [3.63, 3.8) is 0 Å². The van der Waals surface area contributed by atoms with Crippen LogP contribution in [0.15, 0.2) is 16.7 Å². The molecule has 1 saturated heterocycles. The van der Waals surface area contributed by atoms with E-state index in [2.05, 4.69) is 32.0 Å². The summed E-state index contributed by atoms with van der Waals surface area (Å²) in [5.41, 5.74) is 1.60. The van der Waals surface area contributed by atoms with E-state index in [-0.39, 0.29) is 0 Å². The van der Waals surface area contributed by atoms with Crippen LogP contribution in [-0.2, 0) is 0 Å². The van der Waals surface area contributed by atoms with Crippen LogP contribution in [0.1, 0.15) is 5.69 Å². The van der Waals surface area contributed by atoms with Crippen LogP contribution in [0.3, 0.4) is 0 Å². The lowest BCUT2D eigenvalue weighted by atomic mass is 10.2. The SMILES string of the molecule is COc1cc(-c2nnc(N3CCN(C)CC3)o2)cnc1C. The quantitative estimate of drug-likeness (QED) is 0.841. The third-order valence-electron chi connectivity index (χ3n) is 3.70. The summed E-state index contributed by atoms with van der Waals surface area (Å²) >= 11 is 0. The van der Waals surface area contributed by atoms with E-state index in [1.165, 1.54) is 0 Å². The molecule has 1 aliphatic rings. The number of ether oxygens (including phenoxy) is 1. The van der Waals surface area contributed by atoms with Crippen molar-refractivity contribution in [1.82, 2.24) is 20.1 Å². The number of piperazine rings is 1. The van der Waals surface area contributed by atoms with Gasteiger partial charge in [-0.25, -0.2) is 0 Å². The van der Waals surface area contributed by atoms with Gasteiger partial charge in [-0.15, -0.1) is 5.10 Å². The first-order chi connectivity index (χ1) is 10.2. The Hall–Kier alpha value is -2.15. The van der Waals surface area contributed by atoms with Crippen molar-refractivity contribution < 1.29 is 9.15 Å². The molecule has 0 aromatic carbocycles. The number of pyridine rings is 1. The summed E-state index contributed by atoms with van der Waals surface area (Å²) in [6.07, 6.45) is 1.72. The number of rotatable bonds is 3. The summed E-state index contributed by atoms with van der Waals surface area (Å²) in [5, 5.41) is 8.26. The maximum absolute atomic E-state index is 5.77. The van der Waals surface area contributed by atoms with Gasteiger partial charge in [0.2, 0.25) is 0 Å². The Bertz CT molecular complexity index is 620. The van der Waals surface area contributed by atoms with Crippen molar-refractivity contribution in [1.29, 1.82) is 0 Å². The van der Waals surface area contributed by atoms with Crippen LogP contribution in [0, 0.1) is 6.92 Å². The van der Waals surface area contributed by atoms with Crippen molar-refractivity contribution >= 4 is 6.01 Å². The summed E-state index contributed by atoms with van der Waals surface area (Å²) in [4.78, 5) is 8.67. The Morgan fingerprint density at radius 1 is 1.19 bits per heavy atom. The highest BCUT2D eigenvalue weighted by atomic mass is 16.5. The maximum atomic E-state index is 5.77. The molecule has 0 saturated carbocycles. The van der Waals surface area contributed by atoms with E-state index in [0.29, 0.717) is 17.7 Å². The third kappa shape index (κ3) is 2.82. The van der Waals surface area contributed by atoms with Gasteiger partial charge in [-0.05, 0) is 20.0 Å². The van der Waals surface area contributed by atoms with E-state index in [1.807, 2.05) is 13.0 Å². The summed E-state index contributed by atoms with van der Waals surface area (Å²) in [7, 11) is 3.73. The lowest BCUT2D eigenvalue weighted by Crippen LogP contribution is -2.44. The first-order valence-corrected chi connectivity index (χ1v) is 6.95. The van der Waals surface area contributed by atoms with Crippen molar-refractivity contribution in [2.75, 3.05) is 45.2 Å². The predicted octanol–water partition coefficient (Wildman–Crippen LogP) is 1.20. The molecule has 2 aromatic heterocycles. The van der Waals surface area contributed by atoms with Gasteiger partial charge in [-0.3, -0.25) is 4.98 Å². The Morgan fingerprint density at radius 3 is 2.67 bits per heavy atom. The third-order valence-corrected chi connectivity index (χ3v) is 3.70. The van der Waals surface area contributed by atoms with Crippen molar-refractivity contribution in [3.05, 3.63) is 18.0 Å². The Morgan fingerprint density at radius 2 is 1.95 bits per heavy atom. The van der Waals surface area contributed by atoms with Crippen molar-refractivity contribution in [2.45, 2.75) is 6.92 Å². The molecule has 0 spiro atoms. The van der Waals surface area contributed by atoms with Gasteiger partial charge in [0.15, 0.2) is 0 Å². The Balaban J connectivity index is 1.81. The lowest BCUT2D eigenvalue weighted by Gasteiger charge is -2.30. The number of likely N-dealkylation sites (N-methyl/N-ethyl adjacent to an activating group) is 1.